The summed E-state index contributed by atoms with van der Waals surface area (Å²) >= 11 is 1.30. The lowest BCUT2D eigenvalue weighted by molar-refractivity contribution is -0.118. The Hall–Kier alpha value is -2.94. The first-order valence-electron chi connectivity index (χ1n) is 7.38. The third-order valence-electron chi connectivity index (χ3n) is 3.26. The summed E-state index contributed by atoms with van der Waals surface area (Å²) in [4.78, 5) is 21.0. The molecule has 0 N–H and O–H groups in total. The first kappa shape index (κ1) is 17.9. The Kier molecular flexibility index (Phi) is 5.17. The van der Waals surface area contributed by atoms with E-state index in [9.17, 15) is 18.0 Å². The van der Waals surface area contributed by atoms with Crippen LogP contribution in [0.4, 0.5) is 18.9 Å². The summed E-state index contributed by atoms with van der Waals surface area (Å²) in [7, 11) is 0. The number of pyridine rings is 1. The van der Waals surface area contributed by atoms with Crippen LogP contribution in [0.1, 0.15) is 10.4 Å². The number of halogens is 3. The van der Waals surface area contributed by atoms with Gasteiger partial charge in [0.2, 0.25) is 0 Å². The predicted molar refractivity (Wildman–Crippen MR) is 90.6 cm³/mol. The highest BCUT2D eigenvalue weighted by Gasteiger charge is 2.34. The molecule has 0 aliphatic heterocycles. The molecular formula is C17H12F3N3O2S. The number of hydrogen-bond donors (Lipinski definition) is 0. The molecule has 1 aromatic carbocycles. The van der Waals surface area contributed by atoms with Gasteiger partial charge >= 0.3 is 6.18 Å². The molecule has 5 nitrogen and oxygen atoms in total. The highest BCUT2D eigenvalue weighted by molar-refractivity contribution is 7.11. The number of hydrogen-bond acceptors (Lipinski definition) is 5. The molecule has 3 aromatic rings. The molecule has 26 heavy (non-hydrogen) atoms. The van der Waals surface area contributed by atoms with E-state index in [1.54, 1.807) is 11.6 Å². The van der Waals surface area contributed by atoms with Crippen molar-refractivity contribution in [1.82, 2.24) is 9.97 Å². The molecule has 0 aliphatic rings. The van der Waals surface area contributed by atoms with Gasteiger partial charge < -0.3 is 4.74 Å². The van der Waals surface area contributed by atoms with E-state index in [4.69, 9.17) is 4.74 Å². The Morgan fingerprint density at radius 1 is 1.15 bits per heavy atom. The maximum absolute atomic E-state index is 12.9. The number of ether oxygens (including phenoxy) is 1. The lowest BCUT2D eigenvalue weighted by Crippen LogP contribution is -2.39. The molecule has 0 fully saturated rings. The summed E-state index contributed by atoms with van der Waals surface area (Å²) in [6.07, 6.45) is -0.325. The van der Waals surface area contributed by atoms with E-state index in [1.165, 1.54) is 60.1 Å². The van der Waals surface area contributed by atoms with Crippen molar-refractivity contribution in [3.63, 3.8) is 0 Å². The summed E-state index contributed by atoms with van der Waals surface area (Å²) in [6, 6.07) is 8.69. The van der Waals surface area contributed by atoms with Crippen molar-refractivity contribution in [3.8, 4) is 10.9 Å². The largest absolute Gasteiger partial charge is 0.431 e. The third-order valence-corrected chi connectivity index (χ3v) is 3.90. The van der Waals surface area contributed by atoms with E-state index in [0.29, 0.717) is 15.8 Å². The van der Waals surface area contributed by atoms with Crippen molar-refractivity contribution in [2.75, 3.05) is 11.4 Å². The second kappa shape index (κ2) is 7.52. The van der Waals surface area contributed by atoms with Crippen LogP contribution in [0.25, 0.3) is 0 Å². The van der Waals surface area contributed by atoms with Crippen molar-refractivity contribution in [2.24, 2.45) is 0 Å². The zero-order valence-electron chi connectivity index (χ0n) is 13.2. The van der Waals surface area contributed by atoms with Gasteiger partial charge in [0.15, 0.2) is 0 Å². The minimum atomic E-state index is -4.54. The quantitative estimate of drug-likeness (QED) is 0.653. The highest BCUT2D eigenvalue weighted by atomic mass is 32.1. The zero-order valence-corrected chi connectivity index (χ0v) is 14.0. The van der Waals surface area contributed by atoms with Gasteiger partial charge in [0.1, 0.15) is 12.3 Å². The van der Waals surface area contributed by atoms with Gasteiger partial charge in [-0.05, 0) is 36.4 Å². The number of benzene rings is 1. The molecule has 0 atom stereocenters. The van der Waals surface area contributed by atoms with Crippen molar-refractivity contribution in [3.05, 3.63) is 65.9 Å². The number of alkyl halides is 3. The minimum absolute atomic E-state index is 0.0675. The lowest BCUT2D eigenvalue weighted by Gasteiger charge is -2.23. The van der Waals surface area contributed by atoms with Gasteiger partial charge in [0, 0.05) is 23.3 Å². The van der Waals surface area contributed by atoms with Gasteiger partial charge in [-0.15, -0.1) is 0 Å². The Balaban J connectivity index is 1.82. The average molecular weight is 379 g/mol. The van der Waals surface area contributed by atoms with Crippen LogP contribution < -0.4 is 9.64 Å². The fourth-order valence-electron chi connectivity index (χ4n) is 2.16. The van der Waals surface area contributed by atoms with Gasteiger partial charge in [-0.1, -0.05) is 11.3 Å². The van der Waals surface area contributed by atoms with Crippen LogP contribution in [0.15, 0.2) is 60.4 Å². The molecule has 0 aliphatic carbocycles. The summed E-state index contributed by atoms with van der Waals surface area (Å²) < 4.78 is 44.2. The lowest BCUT2D eigenvalue weighted by atomic mass is 10.1. The van der Waals surface area contributed by atoms with Crippen LogP contribution in [0.2, 0.25) is 0 Å². The van der Waals surface area contributed by atoms with Gasteiger partial charge in [0.05, 0.1) is 11.9 Å². The second-order valence-electron chi connectivity index (χ2n) is 5.14. The van der Waals surface area contributed by atoms with Crippen LogP contribution in [0.5, 0.6) is 10.9 Å². The van der Waals surface area contributed by atoms with Crippen LogP contribution >= 0.6 is 11.3 Å². The standard InChI is InChI=1S/C17H12F3N3O2S/c18-17(19,20)11-23(13-2-1-7-21-10-13)15(24)12-3-5-14(6-4-12)25-16-22-8-9-26-16/h1-10H,11H2. The zero-order chi connectivity index (χ0) is 18.6. The Labute approximate surface area is 150 Å². The number of amides is 1. The molecule has 0 radical (unpaired) electrons. The number of rotatable bonds is 5. The molecule has 0 bridgehead atoms. The van der Waals surface area contributed by atoms with Crippen LogP contribution in [0, 0.1) is 0 Å². The fourth-order valence-corrected chi connectivity index (χ4v) is 2.66. The highest BCUT2D eigenvalue weighted by Crippen LogP contribution is 2.26. The first-order valence-corrected chi connectivity index (χ1v) is 8.26. The Bertz CT molecular complexity index is 853. The molecule has 0 unspecified atom stereocenters. The van der Waals surface area contributed by atoms with Crippen molar-refractivity contribution in [1.29, 1.82) is 0 Å². The Morgan fingerprint density at radius 2 is 1.92 bits per heavy atom. The van der Waals surface area contributed by atoms with Gasteiger partial charge in [-0.3, -0.25) is 14.7 Å². The summed E-state index contributed by atoms with van der Waals surface area (Å²) in [5.74, 6) is -0.351. The van der Waals surface area contributed by atoms with Crippen molar-refractivity contribution < 1.29 is 22.7 Å². The van der Waals surface area contributed by atoms with E-state index in [-0.39, 0.29) is 11.3 Å². The van der Waals surface area contributed by atoms with Gasteiger partial charge in [-0.2, -0.15) is 13.2 Å². The average Bonchev–Trinajstić information content (AvgIpc) is 3.13. The molecule has 134 valence electrons. The molecule has 0 saturated carbocycles. The van der Waals surface area contributed by atoms with Crippen molar-refractivity contribution in [2.45, 2.75) is 6.18 Å². The van der Waals surface area contributed by atoms with Gasteiger partial charge in [0.25, 0.3) is 11.1 Å². The van der Waals surface area contributed by atoms with Gasteiger partial charge in [-0.25, -0.2) is 4.98 Å². The molecule has 0 saturated heterocycles. The van der Waals surface area contributed by atoms with Crippen LogP contribution in [-0.4, -0.2) is 28.6 Å². The maximum Gasteiger partial charge on any atom is 0.406 e. The summed E-state index contributed by atoms with van der Waals surface area (Å²) in [5, 5.41) is 2.17. The summed E-state index contributed by atoms with van der Waals surface area (Å²) in [5.41, 5.74) is 0.169. The molecule has 9 heteroatoms. The number of anilines is 1. The molecular weight excluding hydrogens is 367 g/mol. The monoisotopic (exact) mass is 379 g/mol. The second-order valence-corrected chi connectivity index (χ2v) is 6.00. The fraction of sp³-hybridized carbons (Fsp3) is 0.118. The van der Waals surface area contributed by atoms with E-state index in [0.717, 1.165) is 0 Å². The number of carbonyl (C=O) groups is 1. The molecule has 1 amide bonds. The Morgan fingerprint density at radius 3 is 2.50 bits per heavy atom. The first-order chi connectivity index (χ1) is 12.4. The van der Waals surface area contributed by atoms with E-state index < -0.39 is 18.6 Å². The number of nitrogens with zero attached hydrogens (tertiary/aromatic N) is 3. The van der Waals surface area contributed by atoms with E-state index >= 15 is 0 Å². The van der Waals surface area contributed by atoms with E-state index in [2.05, 4.69) is 9.97 Å². The van der Waals surface area contributed by atoms with Crippen molar-refractivity contribution >= 4 is 22.9 Å². The number of carbonyl (C=O) groups excluding carboxylic acids is 1. The minimum Gasteiger partial charge on any atom is -0.431 e. The van der Waals surface area contributed by atoms with E-state index in [1.807, 2.05) is 0 Å². The normalized spacial score (nSPS) is 11.2. The summed E-state index contributed by atoms with van der Waals surface area (Å²) in [6.45, 7) is -1.41. The smallest absolute Gasteiger partial charge is 0.406 e. The van der Waals surface area contributed by atoms with Crippen LogP contribution in [-0.2, 0) is 0 Å². The number of thiazole rings is 1. The molecule has 2 heterocycles. The third kappa shape index (κ3) is 4.57. The number of aromatic nitrogens is 2. The molecule has 2 aromatic heterocycles. The predicted octanol–water partition coefficient (Wildman–Crippen LogP) is 4.54. The maximum atomic E-state index is 12.9. The topological polar surface area (TPSA) is 55.3 Å². The SMILES string of the molecule is O=C(c1ccc(Oc2nccs2)cc1)N(CC(F)(F)F)c1cccnc1. The molecule has 3 rings (SSSR count). The molecule has 0 spiro atoms. The van der Waals surface area contributed by atoms with Crippen LogP contribution in [0.3, 0.4) is 0 Å².